The molecule has 0 aromatic rings. The molecule has 1 aliphatic rings. The Balaban J connectivity index is 2.48. The van der Waals surface area contributed by atoms with Crippen molar-refractivity contribution < 1.29 is 9.90 Å². The van der Waals surface area contributed by atoms with Gasteiger partial charge in [-0.05, 0) is 32.4 Å². The molecule has 0 amide bonds. The van der Waals surface area contributed by atoms with Crippen LogP contribution < -0.4 is 5.32 Å². The average Bonchev–Trinajstić information content (AvgIpc) is 2.26. The molecular formula is C12H24N2O2. The number of hydrogen-bond acceptors (Lipinski definition) is 3. The molecule has 0 saturated carbocycles. The van der Waals surface area contributed by atoms with E-state index in [0.29, 0.717) is 12.6 Å². The number of carboxylic acid groups (broad SMARTS) is 1. The Hall–Kier alpha value is -0.610. The molecule has 0 aromatic carbocycles. The number of hydrogen-bond donors (Lipinski definition) is 2. The van der Waals surface area contributed by atoms with Crippen molar-refractivity contribution in [2.75, 3.05) is 26.2 Å². The Bertz CT molecular complexity index is 221. The van der Waals surface area contributed by atoms with Crippen molar-refractivity contribution in [1.29, 1.82) is 0 Å². The molecule has 2 atom stereocenters. The maximum atomic E-state index is 11.1. The monoisotopic (exact) mass is 228 g/mol. The normalized spacial score (nSPS) is 26.9. The maximum Gasteiger partial charge on any atom is 0.307 e. The Kier molecular flexibility index (Phi) is 5.77. The molecule has 0 radical (unpaired) electrons. The molecule has 1 saturated heterocycles. The summed E-state index contributed by atoms with van der Waals surface area (Å²) in [5.41, 5.74) is 0. The molecule has 1 fully saturated rings. The van der Waals surface area contributed by atoms with Gasteiger partial charge < -0.3 is 15.3 Å². The number of piperidine rings is 1. The van der Waals surface area contributed by atoms with Gasteiger partial charge in [-0.2, -0.15) is 0 Å². The molecule has 1 heterocycles. The predicted octanol–water partition coefficient (Wildman–Crippen LogP) is 1.17. The third-order valence-corrected chi connectivity index (χ3v) is 3.10. The van der Waals surface area contributed by atoms with E-state index in [1.165, 1.54) is 0 Å². The number of carbonyl (C=O) groups is 1. The minimum Gasteiger partial charge on any atom is -0.481 e. The van der Waals surface area contributed by atoms with Crippen molar-refractivity contribution in [1.82, 2.24) is 10.2 Å². The summed E-state index contributed by atoms with van der Waals surface area (Å²) in [6, 6.07) is 0.348. The summed E-state index contributed by atoms with van der Waals surface area (Å²) in [5.74, 6) is -0.848. The SMILES string of the molecule is CCCNC1CC(C(=O)O)CN(CCC)C1. The van der Waals surface area contributed by atoms with Crippen molar-refractivity contribution in [3.05, 3.63) is 0 Å². The fraction of sp³-hybridized carbons (Fsp3) is 0.917. The lowest BCUT2D eigenvalue weighted by atomic mass is 9.94. The number of carboxylic acids is 1. The molecule has 0 aromatic heterocycles. The van der Waals surface area contributed by atoms with Crippen LogP contribution in [0, 0.1) is 5.92 Å². The van der Waals surface area contributed by atoms with Gasteiger partial charge in [-0.3, -0.25) is 4.79 Å². The van der Waals surface area contributed by atoms with E-state index in [-0.39, 0.29) is 5.92 Å². The van der Waals surface area contributed by atoms with Gasteiger partial charge >= 0.3 is 5.97 Å². The van der Waals surface area contributed by atoms with Crippen molar-refractivity contribution in [3.63, 3.8) is 0 Å². The fourth-order valence-electron chi connectivity index (χ4n) is 2.36. The first kappa shape index (κ1) is 13.5. The summed E-state index contributed by atoms with van der Waals surface area (Å²) in [4.78, 5) is 13.3. The Labute approximate surface area is 98.0 Å². The molecule has 0 spiro atoms. The number of rotatable bonds is 6. The van der Waals surface area contributed by atoms with Crippen LogP contribution in [-0.2, 0) is 4.79 Å². The lowest BCUT2D eigenvalue weighted by Crippen LogP contribution is -2.51. The van der Waals surface area contributed by atoms with Gasteiger partial charge in [-0.25, -0.2) is 0 Å². The average molecular weight is 228 g/mol. The highest BCUT2D eigenvalue weighted by molar-refractivity contribution is 5.70. The Morgan fingerprint density at radius 1 is 1.38 bits per heavy atom. The van der Waals surface area contributed by atoms with Gasteiger partial charge in [-0.15, -0.1) is 0 Å². The summed E-state index contributed by atoms with van der Waals surface area (Å²) in [6.07, 6.45) is 2.96. The van der Waals surface area contributed by atoms with Crippen LogP contribution in [0.1, 0.15) is 33.1 Å². The summed E-state index contributed by atoms with van der Waals surface area (Å²) >= 11 is 0. The summed E-state index contributed by atoms with van der Waals surface area (Å²) in [6.45, 7) is 7.98. The first-order valence-corrected chi connectivity index (χ1v) is 6.35. The number of likely N-dealkylation sites (tertiary alicyclic amines) is 1. The highest BCUT2D eigenvalue weighted by Gasteiger charge is 2.30. The molecule has 4 nitrogen and oxygen atoms in total. The van der Waals surface area contributed by atoms with Crippen LogP contribution in [0.4, 0.5) is 0 Å². The van der Waals surface area contributed by atoms with Crippen molar-refractivity contribution in [2.24, 2.45) is 5.92 Å². The molecule has 0 aliphatic carbocycles. The van der Waals surface area contributed by atoms with E-state index in [1.807, 2.05) is 0 Å². The third-order valence-electron chi connectivity index (χ3n) is 3.10. The number of nitrogens with zero attached hydrogens (tertiary/aromatic N) is 1. The minimum atomic E-state index is -0.649. The number of nitrogens with one attached hydrogen (secondary N) is 1. The van der Waals surface area contributed by atoms with Crippen molar-refractivity contribution >= 4 is 5.97 Å². The zero-order valence-electron chi connectivity index (χ0n) is 10.4. The van der Waals surface area contributed by atoms with Gasteiger partial charge in [0.25, 0.3) is 0 Å². The molecule has 16 heavy (non-hydrogen) atoms. The molecule has 1 aliphatic heterocycles. The molecule has 2 N–H and O–H groups in total. The molecule has 1 rings (SSSR count). The lowest BCUT2D eigenvalue weighted by molar-refractivity contribution is -0.144. The van der Waals surface area contributed by atoms with Gasteiger partial charge in [-0.1, -0.05) is 13.8 Å². The molecule has 0 bridgehead atoms. The van der Waals surface area contributed by atoms with E-state index in [9.17, 15) is 4.79 Å². The van der Waals surface area contributed by atoms with Gasteiger partial charge in [0.05, 0.1) is 5.92 Å². The largest absolute Gasteiger partial charge is 0.481 e. The zero-order chi connectivity index (χ0) is 12.0. The Morgan fingerprint density at radius 2 is 2.12 bits per heavy atom. The van der Waals surface area contributed by atoms with Crippen LogP contribution in [0.15, 0.2) is 0 Å². The van der Waals surface area contributed by atoms with Crippen LogP contribution in [0.3, 0.4) is 0 Å². The van der Waals surface area contributed by atoms with Gasteiger partial charge in [0.1, 0.15) is 0 Å². The first-order chi connectivity index (χ1) is 7.67. The van der Waals surface area contributed by atoms with Gasteiger partial charge in [0, 0.05) is 19.1 Å². The molecule has 4 heteroatoms. The molecular weight excluding hydrogens is 204 g/mol. The van der Waals surface area contributed by atoms with Crippen LogP contribution in [0.5, 0.6) is 0 Å². The molecule has 94 valence electrons. The van der Waals surface area contributed by atoms with Crippen molar-refractivity contribution in [2.45, 2.75) is 39.2 Å². The van der Waals surface area contributed by atoms with E-state index >= 15 is 0 Å². The van der Waals surface area contributed by atoms with Crippen LogP contribution in [-0.4, -0.2) is 48.2 Å². The quantitative estimate of drug-likeness (QED) is 0.716. The van der Waals surface area contributed by atoms with E-state index in [1.54, 1.807) is 0 Å². The van der Waals surface area contributed by atoms with E-state index in [2.05, 4.69) is 24.1 Å². The van der Waals surface area contributed by atoms with E-state index in [0.717, 1.165) is 38.9 Å². The van der Waals surface area contributed by atoms with Gasteiger partial charge in [0.15, 0.2) is 0 Å². The summed E-state index contributed by atoms with van der Waals surface area (Å²) in [7, 11) is 0. The topological polar surface area (TPSA) is 52.6 Å². The van der Waals surface area contributed by atoms with Gasteiger partial charge in [0.2, 0.25) is 0 Å². The van der Waals surface area contributed by atoms with Crippen LogP contribution >= 0.6 is 0 Å². The highest BCUT2D eigenvalue weighted by Crippen LogP contribution is 2.17. The smallest absolute Gasteiger partial charge is 0.307 e. The third kappa shape index (κ3) is 4.10. The lowest BCUT2D eigenvalue weighted by Gasteiger charge is -2.36. The second kappa shape index (κ2) is 6.86. The van der Waals surface area contributed by atoms with Crippen molar-refractivity contribution in [3.8, 4) is 0 Å². The first-order valence-electron chi connectivity index (χ1n) is 6.35. The second-order valence-corrected chi connectivity index (χ2v) is 4.68. The molecule has 2 unspecified atom stereocenters. The fourth-order valence-corrected chi connectivity index (χ4v) is 2.36. The summed E-state index contributed by atoms with van der Waals surface area (Å²) < 4.78 is 0. The summed E-state index contributed by atoms with van der Waals surface area (Å²) in [5, 5.41) is 12.6. The maximum absolute atomic E-state index is 11.1. The predicted molar refractivity (Wildman–Crippen MR) is 64.6 cm³/mol. The second-order valence-electron chi connectivity index (χ2n) is 4.68. The number of aliphatic carboxylic acids is 1. The standard InChI is InChI=1S/C12H24N2O2/c1-3-5-13-11-7-10(12(15)16)8-14(9-11)6-4-2/h10-11,13H,3-9H2,1-2H3,(H,15,16). The van der Waals surface area contributed by atoms with E-state index < -0.39 is 5.97 Å². The minimum absolute atomic E-state index is 0.199. The highest BCUT2D eigenvalue weighted by atomic mass is 16.4. The zero-order valence-corrected chi connectivity index (χ0v) is 10.4. The van der Waals surface area contributed by atoms with E-state index in [4.69, 9.17) is 5.11 Å². The van der Waals surface area contributed by atoms with Crippen LogP contribution in [0.25, 0.3) is 0 Å². The van der Waals surface area contributed by atoms with Crippen LogP contribution in [0.2, 0.25) is 0 Å². The Morgan fingerprint density at radius 3 is 2.69 bits per heavy atom.